The fraction of sp³-hybridized carbons (Fsp3) is 0.462. The van der Waals surface area contributed by atoms with Crippen molar-refractivity contribution in [2.45, 2.75) is 25.7 Å². The van der Waals surface area contributed by atoms with Crippen molar-refractivity contribution in [3.8, 4) is 0 Å². The Morgan fingerprint density at radius 3 is 2.39 bits per heavy atom. The molecule has 128 valence electrons. The van der Waals surface area contributed by atoms with E-state index in [1.807, 2.05) is 0 Å². The molecule has 1 aromatic carbocycles. The van der Waals surface area contributed by atoms with Gasteiger partial charge in [-0.1, -0.05) is 20.8 Å². The highest BCUT2D eigenvalue weighted by molar-refractivity contribution is 7.89. The number of anilines is 1. The fourth-order valence-corrected chi connectivity index (χ4v) is 2.34. The zero-order valence-corrected chi connectivity index (χ0v) is 13.9. The van der Waals surface area contributed by atoms with Gasteiger partial charge in [-0.25, -0.2) is 13.6 Å². The lowest BCUT2D eigenvalue weighted by molar-refractivity contribution is -0.387. The zero-order valence-electron chi connectivity index (χ0n) is 13.1. The van der Waals surface area contributed by atoms with E-state index in [2.05, 4.69) is 10.6 Å². The molecule has 10 heteroatoms. The Morgan fingerprint density at radius 1 is 1.30 bits per heavy atom. The summed E-state index contributed by atoms with van der Waals surface area (Å²) in [4.78, 5) is 21.3. The molecule has 0 fully saturated rings. The van der Waals surface area contributed by atoms with Gasteiger partial charge in [-0.2, -0.15) is 0 Å². The Hall–Kier alpha value is -2.20. The minimum absolute atomic E-state index is 0.116. The van der Waals surface area contributed by atoms with Crippen LogP contribution in [0.15, 0.2) is 23.1 Å². The first-order valence-corrected chi connectivity index (χ1v) is 8.31. The van der Waals surface area contributed by atoms with E-state index in [1.54, 1.807) is 20.8 Å². The molecule has 0 saturated carbocycles. The topological polar surface area (TPSA) is 144 Å². The average Bonchev–Trinajstić information content (AvgIpc) is 2.40. The van der Waals surface area contributed by atoms with Crippen molar-refractivity contribution >= 4 is 27.3 Å². The van der Waals surface area contributed by atoms with E-state index in [4.69, 9.17) is 5.14 Å². The quantitative estimate of drug-likeness (QED) is 0.396. The van der Waals surface area contributed by atoms with E-state index < -0.39 is 30.9 Å². The SMILES string of the molecule is CC(C)(C)C(=O)NCCNc1ccc(S(N)(=O)=O)c([N+](=O)[O-])c1. The maximum absolute atomic E-state index is 11.7. The predicted octanol–water partition coefficient (Wildman–Crippen LogP) is 0.816. The number of amides is 1. The third kappa shape index (κ3) is 5.49. The van der Waals surface area contributed by atoms with Crippen molar-refractivity contribution in [2.24, 2.45) is 10.6 Å². The zero-order chi connectivity index (χ0) is 17.8. The number of nitrogens with two attached hydrogens (primary N) is 1. The van der Waals surface area contributed by atoms with Crippen molar-refractivity contribution in [1.29, 1.82) is 0 Å². The normalized spacial score (nSPS) is 11.8. The van der Waals surface area contributed by atoms with E-state index in [-0.39, 0.29) is 5.91 Å². The molecule has 0 spiro atoms. The molecule has 1 amide bonds. The van der Waals surface area contributed by atoms with Gasteiger partial charge in [0.15, 0.2) is 4.90 Å². The molecule has 0 aliphatic heterocycles. The molecule has 0 aromatic heterocycles. The summed E-state index contributed by atoms with van der Waals surface area (Å²) in [5, 5.41) is 21.5. The second kappa shape index (κ2) is 6.92. The number of nitro groups is 1. The maximum Gasteiger partial charge on any atom is 0.291 e. The van der Waals surface area contributed by atoms with Crippen LogP contribution in [0.1, 0.15) is 20.8 Å². The molecule has 23 heavy (non-hydrogen) atoms. The van der Waals surface area contributed by atoms with Crippen molar-refractivity contribution in [3.05, 3.63) is 28.3 Å². The Morgan fingerprint density at radius 2 is 1.91 bits per heavy atom. The second-order valence-electron chi connectivity index (χ2n) is 5.92. The third-order valence-corrected chi connectivity index (χ3v) is 3.84. The molecule has 1 rings (SSSR count). The minimum atomic E-state index is -4.17. The van der Waals surface area contributed by atoms with Gasteiger partial charge in [0, 0.05) is 30.3 Å². The molecule has 0 unspecified atom stereocenters. The highest BCUT2D eigenvalue weighted by Gasteiger charge is 2.23. The lowest BCUT2D eigenvalue weighted by Crippen LogP contribution is -2.37. The lowest BCUT2D eigenvalue weighted by Gasteiger charge is -2.17. The van der Waals surface area contributed by atoms with Gasteiger partial charge in [-0.3, -0.25) is 14.9 Å². The summed E-state index contributed by atoms with van der Waals surface area (Å²) < 4.78 is 22.6. The number of hydrogen-bond acceptors (Lipinski definition) is 6. The average molecular weight is 344 g/mol. The van der Waals surface area contributed by atoms with E-state index in [9.17, 15) is 23.3 Å². The molecule has 4 N–H and O–H groups in total. The van der Waals surface area contributed by atoms with Crippen LogP contribution in [0.4, 0.5) is 11.4 Å². The van der Waals surface area contributed by atoms with E-state index in [0.29, 0.717) is 18.8 Å². The van der Waals surface area contributed by atoms with Gasteiger partial charge >= 0.3 is 0 Å². The first-order valence-electron chi connectivity index (χ1n) is 6.76. The van der Waals surface area contributed by atoms with Gasteiger partial charge < -0.3 is 10.6 Å². The van der Waals surface area contributed by atoms with Crippen molar-refractivity contribution in [2.75, 3.05) is 18.4 Å². The Kier molecular flexibility index (Phi) is 5.67. The second-order valence-corrected chi connectivity index (χ2v) is 7.45. The molecular weight excluding hydrogens is 324 g/mol. The Bertz CT molecular complexity index is 710. The predicted molar refractivity (Wildman–Crippen MR) is 85.4 cm³/mol. The van der Waals surface area contributed by atoms with Gasteiger partial charge in [0.2, 0.25) is 15.9 Å². The first-order chi connectivity index (χ1) is 10.4. The minimum Gasteiger partial charge on any atom is -0.383 e. The molecule has 0 aliphatic carbocycles. The van der Waals surface area contributed by atoms with Crippen LogP contribution in [0.25, 0.3) is 0 Å². The number of rotatable bonds is 6. The van der Waals surface area contributed by atoms with Gasteiger partial charge in [0.05, 0.1) is 4.92 Å². The summed E-state index contributed by atoms with van der Waals surface area (Å²) >= 11 is 0. The van der Waals surface area contributed by atoms with E-state index >= 15 is 0 Å². The number of benzene rings is 1. The van der Waals surface area contributed by atoms with E-state index in [0.717, 1.165) is 12.1 Å². The summed E-state index contributed by atoms with van der Waals surface area (Å²) in [6.07, 6.45) is 0. The monoisotopic (exact) mass is 344 g/mol. The van der Waals surface area contributed by atoms with Gasteiger partial charge in [-0.15, -0.1) is 0 Å². The van der Waals surface area contributed by atoms with Crippen LogP contribution in [-0.2, 0) is 14.8 Å². The fourth-order valence-electron chi connectivity index (χ4n) is 1.66. The van der Waals surface area contributed by atoms with Crippen LogP contribution in [0, 0.1) is 15.5 Å². The highest BCUT2D eigenvalue weighted by Crippen LogP contribution is 2.26. The molecule has 1 aromatic rings. The highest BCUT2D eigenvalue weighted by atomic mass is 32.2. The van der Waals surface area contributed by atoms with Crippen LogP contribution in [-0.4, -0.2) is 32.3 Å². The van der Waals surface area contributed by atoms with Crippen LogP contribution >= 0.6 is 0 Å². The van der Waals surface area contributed by atoms with Gasteiger partial charge in [0.1, 0.15) is 0 Å². The molecule has 0 heterocycles. The van der Waals surface area contributed by atoms with Crippen LogP contribution in [0.2, 0.25) is 0 Å². The van der Waals surface area contributed by atoms with Crippen molar-refractivity contribution < 1.29 is 18.1 Å². The van der Waals surface area contributed by atoms with Crippen LogP contribution in [0.5, 0.6) is 0 Å². The number of hydrogen-bond donors (Lipinski definition) is 3. The van der Waals surface area contributed by atoms with Crippen molar-refractivity contribution in [1.82, 2.24) is 5.32 Å². The van der Waals surface area contributed by atoms with E-state index in [1.165, 1.54) is 6.07 Å². The standard InChI is InChI=1S/C13H20N4O5S/c1-13(2,3)12(18)16-7-6-15-9-4-5-11(23(14,21)22)10(8-9)17(19)20/h4-5,8,15H,6-7H2,1-3H3,(H,16,18)(H2,14,21,22). The molecule has 0 saturated heterocycles. The molecule has 0 atom stereocenters. The number of nitro benzene ring substituents is 1. The maximum atomic E-state index is 11.7. The number of carbonyl (C=O) groups excluding carboxylic acids is 1. The number of carbonyl (C=O) groups is 1. The summed E-state index contributed by atoms with van der Waals surface area (Å²) in [5.41, 5.74) is -0.749. The Balaban J connectivity index is 2.75. The number of nitrogens with one attached hydrogen (secondary N) is 2. The summed E-state index contributed by atoms with van der Waals surface area (Å²) in [6.45, 7) is 6.00. The number of primary sulfonamides is 1. The van der Waals surface area contributed by atoms with Crippen molar-refractivity contribution in [3.63, 3.8) is 0 Å². The molecule has 9 nitrogen and oxygen atoms in total. The molecular formula is C13H20N4O5S. The Labute approximate surface area is 134 Å². The molecule has 0 radical (unpaired) electrons. The summed E-state index contributed by atoms with van der Waals surface area (Å²) in [7, 11) is -4.17. The third-order valence-electron chi connectivity index (χ3n) is 2.88. The van der Waals surface area contributed by atoms with Gasteiger partial charge in [0.25, 0.3) is 5.69 Å². The molecule has 0 bridgehead atoms. The number of sulfonamides is 1. The summed E-state index contributed by atoms with van der Waals surface area (Å²) in [6, 6.07) is 3.53. The first kappa shape index (κ1) is 18.8. The van der Waals surface area contributed by atoms with Gasteiger partial charge in [-0.05, 0) is 12.1 Å². The molecule has 0 aliphatic rings. The lowest BCUT2D eigenvalue weighted by atomic mass is 9.96. The largest absolute Gasteiger partial charge is 0.383 e. The summed E-state index contributed by atoms with van der Waals surface area (Å²) in [5.74, 6) is -0.116. The smallest absolute Gasteiger partial charge is 0.291 e. The number of nitrogens with zero attached hydrogens (tertiary/aromatic N) is 1. The van der Waals surface area contributed by atoms with Crippen LogP contribution < -0.4 is 15.8 Å². The van der Waals surface area contributed by atoms with Crippen LogP contribution in [0.3, 0.4) is 0 Å².